The number of carboxylic acids is 1. The van der Waals surface area contributed by atoms with E-state index in [1.54, 1.807) is 12.0 Å². The van der Waals surface area contributed by atoms with Crippen molar-refractivity contribution in [3.8, 4) is 0 Å². The van der Waals surface area contributed by atoms with Gasteiger partial charge in [0.15, 0.2) is 5.69 Å². The Morgan fingerprint density at radius 1 is 1.38 bits per heavy atom. The lowest BCUT2D eigenvalue weighted by atomic mass is 10.4. The van der Waals surface area contributed by atoms with Crippen molar-refractivity contribution in [2.75, 3.05) is 44.8 Å². The summed E-state index contributed by atoms with van der Waals surface area (Å²) in [4.78, 5) is 34.4. The number of methoxy groups -OCH3 is 1. The third kappa shape index (κ3) is 3.88. The highest BCUT2D eigenvalue weighted by Gasteiger charge is 2.22. The number of carboxylic acid groups (broad SMARTS) is 1. The Balaban J connectivity index is 2.04. The van der Waals surface area contributed by atoms with Crippen LogP contribution >= 0.6 is 0 Å². The van der Waals surface area contributed by atoms with Gasteiger partial charge < -0.3 is 19.6 Å². The molecule has 1 aliphatic rings. The van der Waals surface area contributed by atoms with Crippen molar-refractivity contribution in [2.45, 2.75) is 6.42 Å². The van der Waals surface area contributed by atoms with Gasteiger partial charge in [-0.25, -0.2) is 14.8 Å². The fourth-order valence-electron chi connectivity index (χ4n) is 2.15. The van der Waals surface area contributed by atoms with E-state index in [2.05, 4.69) is 9.97 Å². The largest absolute Gasteiger partial charge is 0.476 e. The number of nitrogens with zero attached hydrogens (tertiary/aromatic N) is 4. The van der Waals surface area contributed by atoms with Crippen LogP contribution < -0.4 is 4.90 Å². The van der Waals surface area contributed by atoms with Crippen LogP contribution in [0.1, 0.15) is 16.9 Å². The molecule has 0 bridgehead atoms. The molecular weight excluding hydrogens is 276 g/mol. The predicted molar refractivity (Wildman–Crippen MR) is 74.3 cm³/mol. The first-order chi connectivity index (χ1) is 10.1. The topological polar surface area (TPSA) is 95.9 Å². The number of ether oxygens (including phenoxy) is 1. The maximum absolute atomic E-state index is 12.2. The summed E-state index contributed by atoms with van der Waals surface area (Å²) >= 11 is 0. The van der Waals surface area contributed by atoms with Crippen molar-refractivity contribution in [3.63, 3.8) is 0 Å². The molecule has 1 aliphatic heterocycles. The fraction of sp³-hybridized carbons (Fsp3) is 0.538. The first-order valence-electron chi connectivity index (χ1n) is 6.69. The molecule has 0 aliphatic carbocycles. The number of carbonyl (C=O) groups excluding carboxylic acids is 1. The van der Waals surface area contributed by atoms with Gasteiger partial charge in [0.25, 0.3) is 0 Å². The van der Waals surface area contributed by atoms with Gasteiger partial charge in [-0.1, -0.05) is 0 Å². The van der Waals surface area contributed by atoms with Gasteiger partial charge in [-0.2, -0.15) is 0 Å². The Morgan fingerprint density at radius 3 is 2.81 bits per heavy atom. The van der Waals surface area contributed by atoms with Crippen molar-refractivity contribution in [3.05, 3.63) is 18.1 Å². The minimum atomic E-state index is -1.12. The average Bonchev–Trinajstić information content (AvgIpc) is 2.67. The molecule has 1 aromatic heterocycles. The average molecular weight is 294 g/mol. The van der Waals surface area contributed by atoms with Crippen molar-refractivity contribution >= 4 is 17.7 Å². The molecule has 0 saturated carbocycles. The standard InChI is InChI=1S/C13H18N4O4/c1-21-6-5-16-3-2-4-17(9-12(16)18)11-8-14-10(7-15-11)13(19)20/h7-8H,2-6,9H2,1H3,(H,19,20). The van der Waals surface area contributed by atoms with Gasteiger partial charge in [0.05, 0.1) is 25.5 Å². The maximum Gasteiger partial charge on any atom is 0.356 e. The third-order valence-corrected chi connectivity index (χ3v) is 3.28. The summed E-state index contributed by atoms with van der Waals surface area (Å²) in [5.74, 6) is -0.595. The minimum absolute atomic E-state index is 0.00802. The second-order valence-electron chi connectivity index (χ2n) is 4.71. The smallest absolute Gasteiger partial charge is 0.356 e. The molecule has 8 nitrogen and oxygen atoms in total. The summed E-state index contributed by atoms with van der Waals surface area (Å²) in [6.45, 7) is 2.66. The molecule has 114 valence electrons. The third-order valence-electron chi connectivity index (χ3n) is 3.28. The van der Waals surface area contributed by atoms with E-state index in [0.717, 1.165) is 6.42 Å². The van der Waals surface area contributed by atoms with E-state index in [4.69, 9.17) is 9.84 Å². The lowest BCUT2D eigenvalue weighted by molar-refractivity contribution is -0.129. The fourth-order valence-corrected chi connectivity index (χ4v) is 2.15. The summed E-state index contributed by atoms with van der Waals surface area (Å²) < 4.78 is 5.00. The van der Waals surface area contributed by atoms with Crippen LogP contribution in [0.25, 0.3) is 0 Å². The van der Waals surface area contributed by atoms with Crippen molar-refractivity contribution in [1.82, 2.24) is 14.9 Å². The summed E-state index contributed by atoms with van der Waals surface area (Å²) in [5, 5.41) is 8.80. The van der Waals surface area contributed by atoms with Crippen molar-refractivity contribution < 1.29 is 19.4 Å². The van der Waals surface area contributed by atoms with Crippen LogP contribution in [0.15, 0.2) is 12.4 Å². The summed E-state index contributed by atoms with van der Waals surface area (Å²) in [5.41, 5.74) is -0.110. The Bertz CT molecular complexity index is 505. The van der Waals surface area contributed by atoms with Crippen LogP contribution in [-0.4, -0.2) is 71.7 Å². The van der Waals surface area contributed by atoms with Crippen molar-refractivity contribution in [2.24, 2.45) is 0 Å². The number of aromatic carboxylic acids is 1. The van der Waals surface area contributed by atoms with E-state index in [-0.39, 0.29) is 18.1 Å². The van der Waals surface area contributed by atoms with E-state index >= 15 is 0 Å². The van der Waals surface area contributed by atoms with Crippen LogP contribution in [-0.2, 0) is 9.53 Å². The summed E-state index contributed by atoms with van der Waals surface area (Å²) in [6, 6.07) is 0. The molecule has 1 saturated heterocycles. The molecule has 2 heterocycles. The molecule has 1 N–H and O–H groups in total. The number of hydrogen-bond donors (Lipinski definition) is 1. The van der Waals surface area contributed by atoms with Gasteiger partial charge >= 0.3 is 5.97 Å². The van der Waals surface area contributed by atoms with E-state index in [1.807, 2.05) is 4.90 Å². The monoisotopic (exact) mass is 294 g/mol. The number of anilines is 1. The summed E-state index contributed by atoms with van der Waals surface area (Å²) in [6.07, 6.45) is 3.41. The first kappa shape index (κ1) is 15.2. The number of rotatable bonds is 5. The zero-order valence-corrected chi connectivity index (χ0v) is 11.9. The maximum atomic E-state index is 12.2. The molecular formula is C13H18N4O4. The molecule has 0 atom stereocenters. The molecule has 1 fully saturated rings. The van der Waals surface area contributed by atoms with Crippen LogP contribution in [0.5, 0.6) is 0 Å². The van der Waals surface area contributed by atoms with Crippen LogP contribution in [0.2, 0.25) is 0 Å². The lowest BCUT2D eigenvalue weighted by Gasteiger charge is -2.21. The number of aromatic nitrogens is 2. The SMILES string of the molecule is COCCN1CCCN(c2cnc(C(=O)O)cn2)CC1=O. The molecule has 0 unspecified atom stereocenters. The zero-order chi connectivity index (χ0) is 15.2. The van der Waals surface area contributed by atoms with Crippen molar-refractivity contribution in [1.29, 1.82) is 0 Å². The molecule has 2 rings (SSSR count). The minimum Gasteiger partial charge on any atom is -0.476 e. The summed E-state index contributed by atoms with van der Waals surface area (Å²) in [7, 11) is 1.61. The van der Waals surface area contributed by atoms with E-state index in [1.165, 1.54) is 12.4 Å². The number of amides is 1. The Morgan fingerprint density at radius 2 is 2.19 bits per heavy atom. The molecule has 0 aromatic carbocycles. The number of carbonyl (C=O) groups is 2. The Kier molecular flexibility index (Phi) is 5.04. The molecule has 0 spiro atoms. The first-order valence-corrected chi connectivity index (χ1v) is 6.69. The van der Waals surface area contributed by atoms with E-state index < -0.39 is 5.97 Å². The van der Waals surface area contributed by atoms with Crippen LogP contribution in [0, 0.1) is 0 Å². The quantitative estimate of drug-likeness (QED) is 0.807. The highest BCUT2D eigenvalue weighted by molar-refractivity contribution is 5.85. The predicted octanol–water partition coefficient (Wildman–Crippen LogP) is -0.140. The molecule has 8 heteroatoms. The second kappa shape index (κ2) is 6.98. The lowest BCUT2D eigenvalue weighted by Crippen LogP contribution is -2.38. The molecule has 0 radical (unpaired) electrons. The van der Waals surface area contributed by atoms with Crippen LogP contribution in [0.4, 0.5) is 5.82 Å². The Hall–Kier alpha value is -2.22. The Labute approximate surface area is 122 Å². The van der Waals surface area contributed by atoms with E-state index in [9.17, 15) is 9.59 Å². The van der Waals surface area contributed by atoms with Gasteiger partial charge in [0.2, 0.25) is 5.91 Å². The number of hydrogen-bond acceptors (Lipinski definition) is 6. The van der Waals surface area contributed by atoms with Gasteiger partial charge in [0.1, 0.15) is 5.82 Å². The van der Waals surface area contributed by atoms with Gasteiger partial charge in [-0.05, 0) is 6.42 Å². The molecule has 1 aromatic rings. The highest BCUT2D eigenvalue weighted by Crippen LogP contribution is 2.13. The normalized spacial score (nSPS) is 16.0. The zero-order valence-electron chi connectivity index (χ0n) is 11.9. The van der Waals surface area contributed by atoms with E-state index in [0.29, 0.717) is 32.1 Å². The molecule has 1 amide bonds. The highest BCUT2D eigenvalue weighted by atomic mass is 16.5. The molecule has 21 heavy (non-hydrogen) atoms. The van der Waals surface area contributed by atoms with Gasteiger partial charge in [-0.15, -0.1) is 0 Å². The van der Waals surface area contributed by atoms with Crippen LogP contribution in [0.3, 0.4) is 0 Å². The second-order valence-corrected chi connectivity index (χ2v) is 4.71. The van der Waals surface area contributed by atoms with Gasteiger partial charge in [-0.3, -0.25) is 4.79 Å². The van der Waals surface area contributed by atoms with Gasteiger partial charge in [0, 0.05) is 26.7 Å².